The Kier molecular flexibility index (Phi) is 4.61. The van der Waals surface area contributed by atoms with Crippen LogP contribution in [0.4, 0.5) is 0 Å². The van der Waals surface area contributed by atoms with E-state index in [1.54, 1.807) is 30.3 Å². The molecule has 0 saturated carbocycles. The lowest BCUT2D eigenvalue weighted by molar-refractivity contribution is 0.0956. The lowest BCUT2D eigenvalue weighted by atomic mass is 10.1. The summed E-state index contributed by atoms with van der Waals surface area (Å²) < 4.78 is 0. The van der Waals surface area contributed by atoms with Gasteiger partial charge in [-0.2, -0.15) is 5.10 Å². The Bertz CT molecular complexity index is 1400. The van der Waals surface area contributed by atoms with Crippen LogP contribution in [-0.2, 0) is 0 Å². The van der Waals surface area contributed by atoms with Gasteiger partial charge < -0.3 is 10.1 Å². The lowest BCUT2D eigenvalue weighted by Gasteiger charge is -2.07. The largest absolute Gasteiger partial charge is 0.508 e. The fraction of sp³-hybridized carbons (Fsp3) is 0. The number of pyridine rings is 1. The van der Waals surface area contributed by atoms with Gasteiger partial charge in [0.1, 0.15) is 11.4 Å². The zero-order chi connectivity index (χ0) is 21.2. The molecule has 0 aliphatic rings. The van der Waals surface area contributed by atoms with Gasteiger partial charge in [0.2, 0.25) is 0 Å². The second-order valence-corrected chi connectivity index (χ2v) is 6.97. The number of nitrogens with one attached hydrogen (secondary N) is 2. The molecule has 0 bridgehead atoms. The Labute approximate surface area is 177 Å². The van der Waals surface area contributed by atoms with Crippen molar-refractivity contribution in [3.05, 3.63) is 90.0 Å². The number of phenolic OH excluding ortho intramolecular Hbond substituents is 1. The van der Waals surface area contributed by atoms with Crippen molar-refractivity contribution in [1.82, 2.24) is 20.4 Å². The van der Waals surface area contributed by atoms with E-state index in [0.717, 1.165) is 22.0 Å². The average Bonchev–Trinajstić information content (AvgIpc) is 3.24. The number of hydrogen-bond acceptors (Lipinski definition) is 5. The summed E-state index contributed by atoms with van der Waals surface area (Å²) >= 11 is 0. The number of aromatic amines is 1. The van der Waals surface area contributed by atoms with Crippen LogP contribution in [0.25, 0.3) is 33.5 Å². The van der Waals surface area contributed by atoms with Crippen LogP contribution in [-0.4, -0.2) is 32.2 Å². The Morgan fingerprint density at radius 2 is 1.68 bits per heavy atom. The molecule has 0 radical (unpaired) electrons. The summed E-state index contributed by atoms with van der Waals surface area (Å²) in [5.41, 5.74) is 6.76. The van der Waals surface area contributed by atoms with Crippen LogP contribution in [0.5, 0.6) is 5.75 Å². The number of benzene rings is 3. The lowest BCUT2D eigenvalue weighted by Crippen LogP contribution is -2.18. The second-order valence-electron chi connectivity index (χ2n) is 6.97. The van der Waals surface area contributed by atoms with Crippen molar-refractivity contribution in [1.29, 1.82) is 0 Å². The van der Waals surface area contributed by atoms with E-state index in [0.29, 0.717) is 22.6 Å². The first-order valence-corrected chi connectivity index (χ1v) is 9.65. The fourth-order valence-electron chi connectivity index (χ4n) is 3.34. The summed E-state index contributed by atoms with van der Waals surface area (Å²) in [7, 11) is 0. The number of aromatic nitrogens is 3. The van der Waals surface area contributed by atoms with Gasteiger partial charge >= 0.3 is 0 Å². The van der Waals surface area contributed by atoms with Crippen molar-refractivity contribution in [2.24, 2.45) is 5.10 Å². The van der Waals surface area contributed by atoms with Gasteiger partial charge in [0, 0.05) is 5.39 Å². The molecule has 150 valence electrons. The van der Waals surface area contributed by atoms with Crippen LogP contribution in [0.3, 0.4) is 0 Å². The van der Waals surface area contributed by atoms with Gasteiger partial charge in [-0.15, -0.1) is 0 Å². The summed E-state index contributed by atoms with van der Waals surface area (Å²) in [5, 5.41) is 14.1. The van der Waals surface area contributed by atoms with Crippen molar-refractivity contribution in [2.75, 3.05) is 0 Å². The minimum absolute atomic E-state index is 0.169. The van der Waals surface area contributed by atoms with Gasteiger partial charge in [-0.05, 0) is 54.1 Å². The highest BCUT2D eigenvalue weighted by Crippen LogP contribution is 2.25. The molecule has 0 saturated heterocycles. The number of para-hydroxylation sites is 3. The highest BCUT2D eigenvalue weighted by Gasteiger charge is 2.15. The second kappa shape index (κ2) is 7.72. The predicted molar refractivity (Wildman–Crippen MR) is 120 cm³/mol. The number of rotatable bonds is 4. The first-order valence-electron chi connectivity index (χ1n) is 9.65. The number of carbonyl (C=O) groups excluding carboxylic acids is 1. The number of phenols is 1. The number of hydrazone groups is 1. The van der Waals surface area contributed by atoms with Crippen LogP contribution >= 0.6 is 0 Å². The van der Waals surface area contributed by atoms with Gasteiger partial charge in [0.25, 0.3) is 5.91 Å². The Morgan fingerprint density at radius 1 is 0.935 bits per heavy atom. The van der Waals surface area contributed by atoms with Gasteiger partial charge in [0.05, 0.1) is 28.3 Å². The third kappa shape index (κ3) is 3.72. The number of hydrogen-bond donors (Lipinski definition) is 3. The number of H-pyrrole nitrogens is 1. The van der Waals surface area contributed by atoms with E-state index in [-0.39, 0.29) is 11.7 Å². The van der Waals surface area contributed by atoms with Crippen molar-refractivity contribution in [3.8, 4) is 17.3 Å². The summed E-state index contributed by atoms with van der Waals surface area (Å²) in [4.78, 5) is 25.5. The summed E-state index contributed by atoms with van der Waals surface area (Å²) in [6.07, 6.45) is 1.51. The number of nitrogens with zero attached hydrogens (tertiary/aromatic N) is 3. The van der Waals surface area contributed by atoms with Crippen molar-refractivity contribution in [3.63, 3.8) is 0 Å². The Hall–Kier alpha value is -4.52. The summed E-state index contributed by atoms with van der Waals surface area (Å²) in [6, 6.07) is 23.4. The van der Waals surface area contributed by atoms with Crippen LogP contribution in [0, 0.1) is 0 Å². The summed E-state index contributed by atoms with van der Waals surface area (Å²) in [5.74, 6) is 0.405. The highest BCUT2D eigenvalue weighted by molar-refractivity contribution is 6.07. The molecule has 0 fully saturated rings. The van der Waals surface area contributed by atoms with Gasteiger partial charge in [-0.1, -0.05) is 30.3 Å². The molecule has 0 aliphatic carbocycles. The van der Waals surface area contributed by atoms with Crippen LogP contribution in [0.1, 0.15) is 15.9 Å². The maximum Gasteiger partial charge on any atom is 0.272 e. The molecule has 5 aromatic rings. The minimum atomic E-state index is -0.356. The zero-order valence-electron chi connectivity index (χ0n) is 16.3. The Morgan fingerprint density at radius 3 is 2.48 bits per heavy atom. The summed E-state index contributed by atoms with van der Waals surface area (Å²) in [6.45, 7) is 0. The van der Waals surface area contributed by atoms with E-state index >= 15 is 0 Å². The molecule has 2 aromatic heterocycles. The first-order chi connectivity index (χ1) is 15.2. The first kappa shape index (κ1) is 18.5. The van der Waals surface area contributed by atoms with Crippen molar-refractivity contribution in [2.45, 2.75) is 0 Å². The fourth-order valence-corrected chi connectivity index (χ4v) is 3.34. The number of imidazole rings is 1. The maximum absolute atomic E-state index is 12.9. The van der Waals surface area contributed by atoms with E-state index < -0.39 is 0 Å². The van der Waals surface area contributed by atoms with E-state index in [1.165, 1.54) is 6.21 Å². The zero-order valence-corrected chi connectivity index (χ0v) is 16.3. The van der Waals surface area contributed by atoms with Crippen molar-refractivity contribution >= 4 is 34.1 Å². The topological polar surface area (TPSA) is 103 Å². The molecule has 31 heavy (non-hydrogen) atoms. The normalized spacial score (nSPS) is 11.4. The van der Waals surface area contributed by atoms with Gasteiger partial charge in [-0.3, -0.25) is 4.79 Å². The number of amides is 1. The molecule has 1 amide bonds. The third-order valence-electron chi connectivity index (χ3n) is 4.87. The monoisotopic (exact) mass is 407 g/mol. The predicted octanol–water partition coefficient (Wildman–Crippen LogP) is 4.25. The molecule has 5 rings (SSSR count). The molecule has 0 unspecified atom stereocenters. The van der Waals surface area contributed by atoms with Gasteiger partial charge in [-0.25, -0.2) is 15.4 Å². The average molecular weight is 407 g/mol. The minimum Gasteiger partial charge on any atom is -0.508 e. The smallest absolute Gasteiger partial charge is 0.272 e. The quantitative estimate of drug-likeness (QED) is 0.306. The molecule has 0 atom stereocenters. The maximum atomic E-state index is 12.9. The van der Waals surface area contributed by atoms with Crippen molar-refractivity contribution < 1.29 is 9.90 Å². The molecule has 7 nitrogen and oxygen atoms in total. The SMILES string of the molecule is O=C(N/N=C/c1ccc(O)cc1)c1cc(-c2nc3ccccc3[nH]2)nc2ccccc12. The molecular formula is C24H17N5O2. The Balaban J connectivity index is 1.51. The van der Waals surface area contributed by atoms with Gasteiger partial charge in [0.15, 0.2) is 5.82 Å². The molecule has 2 heterocycles. The molecule has 0 spiro atoms. The third-order valence-corrected chi connectivity index (χ3v) is 4.87. The van der Waals surface area contributed by atoms with Crippen LogP contribution in [0.15, 0.2) is 84.0 Å². The van der Waals surface area contributed by atoms with Crippen LogP contribution < -0.4 is 5.43 Å². The van der Waals surface area contributed by atoms with E-state index in [2.05, 4.69) is 25.5 Å². The van der Waals surface area contributed by atoms with E-state index in [1.807, 2.05) is 48.5 Å². The highest BCUT2D eigenvalue weighted by atomic mass is 16.3. The molecule has 3 aromatic carbocycles. The molecular weight excluding hydrogens is 390 g/mol. The number of carbonyl (C=O) groups is 1. The standard InChI is InChI=1S/C24H17N5O2/c30-16-11-9-15(10-12-16)14-25-29-24(31)18-13-22(26-19-6-2-1-5-17(18)19)23-27-20-7-3-4-8-21(20)28-23/h1-14,30H,(H,27,28)(H,29,31)/b25-14+. The number of aromatic hydroxyl groups is 1. The molecule has 7 heteroatoms. The van der Waals surface area contributed by atoms with E-state index in [4.69, 9.17) is 0 Å². The molecule has 0 aliphatic heterocycles. The van der Waals surface area contributed by atoms with Crippen LogP contribution in [0.2, 0.25) is 0 Å². The number of fused-ring (bicyclic) bond motifs is 2. The molecule has 3 N–H and O–H groups in total. The van der Waals surface area contributed by atoms with E-state index in [9.17, 15) is 9.90 Å².